The highest BCUT2D eigenvalue weighted by Crippen LogP contribution is 2.21. The number of rotatable bonds is 7. The molecule has 7 heteroatoms. The van der Waals surface area contributed by atoms with Crippen molar-refractivity contribution in [2.24, 2.45) is 11.8 Å². The Kier molecular flexibility index (Phi) is 7.79. The molecule has 0 aromatic heterocycles. The zero-order valence-corrected chi connectivity index (χ0v) is 16.3. The molecule has 1 atom stereocenters. The van der Waals surface area contributed by atoms with Crippen LogP contribution in [-0.4, -0.2) is 56.0 Å². The maximum atomic E-state index is 12.6. The standard InChI is InChI=1S/C20H29N3O4/c1-4-27-20(26)16-9-11-23(12-10-16)19(25)15-5-7-17(8-6-15)22-18(24)14(2)13-21-3/h5-8,14,16,21H,4,9-13H2,1-3H3,(H,22,24). The van der Waals surface area contributed by atoms with Crippen molar-refractivity contribution in [1.29, 1.82) is 0 Å². The number of esters is 1. The fourth-order valence-electron chi connectivity index (χ4n) is 3.12. The number of piperidine rings is 1. The highest BCUT2D eigenvalue weighted by Gasteiger charge is 2.28. The highest BCUT2D eigenvalue weighted by molar-refractivity contribution is 5.96. The average Bonchev–Trinajstić information content (AvgIpc) is 2.68. The first kappa shape index (κ1) is 20.9. The zero-order chi connectivity index (χ0) is 19.8. The van der Waals surface area contributed by atoms with Crippen LogP contribution in [0.25, 0.3) is 0 Å². The minimum absolute atomic E-state index is 0.0567. The molecule has 2 N–H and O–H groups in total. The summed E-state index contributed by atoms with van der Waals surface area (Å²) in [5.74, 6) is -0.552. The molecule has 2 rings (SSSR count). The van der Waals surface area contributed by atoms with Gasteiger partial charge in [0.15, 0.2) is 0 Å². The largest absolute Gasteiger partial charge is 0.466 e. The second kappa shape index (κ2) is 10.1. The molecule has 148 valence electrons. The van der Waals surface area contributed by atoms with Gasteiger partial charge in [-0.05, 0) is 51.1 Å². The quantitative estimate of drug-likeness (QED) is 0.711. The summed E-state index contributed by atoms with van der Waals surface area (Å²) in [4.78, 5) is 38.2. The third-order valence-corrected chi connectivity index (χ3v) is 4.76. The smallest absolute Gasteiger partial charge is 0.309 e. The van der Waals surface area contributed by atoms with E-state index < -0.39 is 0 Å². The molecule has 7 nitrogen and oxygen atoms in total. The lowest BCUT2D eigenvalue weighted by Crippen LogP contribution is -2.40. The van der Waals surface area contributed by atoms with Gasteiger partial charge in [0.1, 0.15) is 0 Å². The van der Waals surface area contributed by atoms with E-state index in [0.29, 0.717) is 50.3 Å². The molecule has 0 saturated carbocycles. The van der Waals surface area contributed by atoms with Crippen LogP contribution in [0.3, 0.4) is 0 Å². The fraction of sp³-hybridized carbons (Fsp3) is 0.550. The summed E-state index contributed by atoms with van der Waals surface area (Å²) in [6.45, 7) is 5.72. The van der Waals surface area contributed by atoms with Gasteiger partial charge in [-0.15, -0.1) is 0 Å². The molecule has 27 heavy (non-hydrogen) atoms. The second-order valence-electron chi connectivity index (χ2n) is 6.84. The maximum absolute atomic E-state index is 12.6. The van der Waals surface area contributed by atoms with Crippen LogP contribution in [-0.2, 0) is 14.3 Å². The van der Waals surface area contributed by atoms with Gasteiger partial charge in [-0.2, -0.15) is 0 Å². The maximum Gasteiger partial charge on any atom is 0.309 e. The molecule has 1 aliphatic rings. The fourth-order valence-corrected chi connectivity index (χ4v) is 3.12. The van der Waals surface area contributed by atoms with E-state index >= 15 is 0 Å². The molecule has 1 unspecified atom stereocenters. The van der Waals surface area contributed by atoms with Crippen molar-refractivity contribution in [1.82, 2.24) is 10.2 Å². The van der Waals surface area contributed by atoms with E-state index in [4.69, 9.17) is 4.74 Å². The van der Waals surface area contributed by atoms with Gasteiger partial charge in [0.05, 0.1) is 12.5 Å². The summed E-state index contributed by atoms with van der Waals surface area (Å²) in [7, 11) is 1.81. The third-order valence-electron chi connectivity index (χ3n) is 4.76. The number of ether oxygens (including phenoxy) is 1. The van der Waals surface area contributed by atoms with Crippen LogP contribution in [0.1, 0.15) is 37.0 Å². The average molecular weight is 375 g/mol. The third kappa shape index (κ3) is 5.79. The number of anilines is 1. The topological polar surface area (TPSA) is 87.7 Å². The molecule has 0 spiro atoms. The van der Waals surface area contributed by atoms with Crippen molar-refractivity contribution in [2.75, 3.05) is 38.6 Å². The molecule has 2 amide bonds. The van der Waals surface area contributed by atoms with Gasteiger partial charge in [-0.25, -0.2) is 0 Å². The lowest BCUT2D eigenvalue weighted by Gasteiger charge is -2.31. The summed E-state index contributed by atoms with van der Waals surface area (Å²) in [6.07, 6.45) is 1.25. The Morgan fingerprint density at radius 2 is 1.81 bits per heavy atom. The van der Waals surface area contributed by atoms with E-state index in [9.17, 15) is 14.4 Å². The van der Waals surface area contributed by atoms with Crippen LogP contribution in [0.15, 0.2) is 24.3 Å². The van der Waals surface area contributed by atoms with Crippen LogP contribution in [0, 0.1) is 11.8 Å². The van der Waals surface area contributed by atoms with E-state index in [1.54, 1.807) is 43.1 Å². The van der Waals surface area contributed by atoms with E-state index in [-0.39, 0.29) is 29.6 Å². The highest BCUT2D eigenvalue weighted by atomic mass is 16.5. The number of nitrogens with zero attached hydrogens (tertiary/aromatic N) is 1. The van der Waals surface area contributed by atoms with Crippen LogP contribution in [0.2, 0.25) is 0 Å². The summed E-state index contributed by atoms with van der Waals surface area (Å²) < 4.78 is 5.06. The zero-order valence-electron chi connectivity index (χ0n) is 16.3. The molecule has 0 radical (unpaired) electrons. The van der Waals surface area contributed by atoms with E-state index in [0.717, 1.165) is 0 Å². The SMILES string of the molecule is CCOC(=O)C1CCN(C(=O)c2ccc(NC(=O)C(C)CNC)cc2)CC1. The Morgan fingerprint density at radius 3 is 2.37 bits per heavy atom. The van der Waals surface area contributed by atoms with Crippen LogP contribution < -0.4 is 10.6 Å². The van der Waals surface area contributed by atoms with Crippen molar-refractivity contribution in [2.45, 2.75) is 26.7 Å². The van der Waals surface area contributed by atoms with Gasteiger partial charge in [-0.3, -0.25) is 14.4 Å². The van der Waals surface area contributed by atoms with Gasteiger partial charge in [-0.1, -0.05) is 6.92 Å². The summed E-state index contributed by atoms with van der Waals surface area (Å²) in [5, 5.41) is 5.82. The first-order valence-electron chi connectivity index (χ1n) is 9.47. The number of hydrogen-bond donors (Lipinski definition) is 2. The van der Waals surface area contributed by atoms with Crippen molar-refractivity contribution in [3.63, 3.8) is 0 Å². The van der Waals surface area contributed by atoms with Gasteiger partial charge < -0.3 is 20.3 Å². The minimum Gasteiger partial charge on any atom is -0.466 e. The number of nitrogens with one attached hydrogen (secondary N) is 2. The Bertz CT molecular complexity index is 652. The van der Waals surface area contributed by atoms with Crippen molar-refractivity contribution < 1.29 is 19.1 Å². The number of benzene rings is 1. The molecular weight excluding hydrogens is 346 g/mol. The lowest BCUT2D eigenvalue weighted by atomic mass is 9.96. The van der Waals surface area contributed by atoms with Crippen molar-refractivity contribution in [3.05, 3.63) is 29.8 Å². The Labute approximate surface area is 160 Å². The van der Waals surface area contributed by atoms with E-state index in [1.165, 1.54) is 0 Å². The van der Waals surface area contributed by atoms with E-state index in [1.807, 2.05) is 6.92 Å². The molecule has 1 aromatic rings. The summed E-state index contributed by atoms with van der Waals surface area (Å²) in [5.41, 5.74) is 1.24. The van der Waals surface area contributed by atoms with Crippen molar-refractivity contribution in [3.8, 4) is 0 Å². The van der Waals surface area contributed by atoms with Gasteiger partial charge in [0.2, 0.25) is 5.91 Å². The predicted molar refractivity (Wildman–Crippen MR) is 103 cm³/mol. The number of carbonyl (C=O) groups is 3. The monoisotopic (exact) mass is 375 g/mol. The second-order valence-corrected chi connectivity index (χ2v) is 6.84. The summed E-state index contributed by atoms with van der Waals surface area (Å²) >= 11 is 0. The predicted octanol–water partition coefficient (Wildman–Crippen LogP) is 1.90. The Hall–Kier alpha value is -2.41. The molecule has 1 saturated heterocycles. The van der Waals surface area contributed by atoms with Crippen LogP contribution in [0.4, 0.5) is 5.69 Å². The lowest BCUT2D eigenvalue weighted by molar-refractivity contribution is -0.149. The van der Waals surface area contributed by atoms with Crippen LogP contribution >= 0.6 is 0 Å². The first-order valence-corrected chi connectivity index (χ1v) is 9.47. The normalized spacial score (nSPS) is 15.9. The molecule has 0 aliphatic carbocycles. The van der Waals surface area contributed by atoms with Gasteiger partial charge in [0.25, 0.3) is 5.91 Å². The Balaban J connectivity index is 1.89. The Morgan fingerprint density at radius 1 is 1.19 bits per heavy atom. The van der Waals surface area contributed by atoms with Gasteiger partial charge in [0, 0.05) is 36.8 Å². The summed E-state index contributed by atoms with van der Waals surface area (Å²) in [6, 6.07) is 6.92. The van der Waals surface area contributed by atoms with E-state index in [2.05, 4.69) is 10.6 Å². The number of likely N-dealkylation sites (tertiary alicyclic amines) is 1. The van der Waals surface area contributed by atoms with Crippen molar-refractivity contribution >= 4 is 23.5 Å². The molecule has 1 heterocycles. The molecule has 0 bridgehead atoms. The molecule has 1 aromatic carbocycles. The first-order chi connectivity index (χ1) is 13.0. The molecular formula is C20H29N3O4. The minimum atomic E-state index is -0.169. The number of carbonyl (C=O) groups excluding carboxylic acids is 3. The number of hydrogen-bond acceptors (Lipinski definition) is 5. The molecule has 1 aliphatic heterocycles. The number of amides is 2. The molecule has 1 fully saturated rings. The van der Waals surface area contributed by atoms with Crippen LogP contribution in [0.5, 0.6) is 0 Å². The van der Waals surface area contributed by atoms with Gasteiger partial charge >= 0.3 is 5.97 Å².